The third-order valence-corrected chi connectivity index (χ3v) is 11.0. The number of methoxy groups -OCH3 is 1. The SMILES string of the molecule is COc1cccc(CN(C(=O)c2cc(-c3ccc(OC(F)F)cc3C(=O)N3Cc4ccccc4C[C@H]3CN3CCOCC3)n(C)c2C)c2ccc(O)cc2)c1C. The molecule has 0 unspecified atom stereocenters. The fourth-order valence-corrected chi connectivity index (χ4v) is 7.78. The van der Waals surface area contributed by atoms with E-state index in [-0.39, 0.29) is 41.5 Å². The quantitative estimate of drug-likeness (QED) is 0.150. The minimum absolute atomic E-state index is 0.0673. The molecule has 1 fully saturated rings. The van der Waals surface area contributed by atoms with E-state index in [0.717, 1.165) is 29.8 Å². The molecule has 1 N–H and O–H groups in total. The fourth-order valence-electron chi connectivity index (χ4n) is 7.78. The Bertz CT molecular complexity index is 2220. The molecule has 0 aliphatic carbocycles. The Morgan fingerprint density at radius 2 is 1.66 bits per heavy atom. The number of alkyl halides is 2. The lowest BCUT2D eigenvalue weighted by Gasteiger charge is -2.40. The number of halogens is 2. The third-order valence-electron chi connectivity index (χ3n) is 11.0. The van der Waals surface area contributed by atoms with Crippen LogP contribution in [0, 0.1) is 13.8 Å². The summed E-state index contributed by atoms with van der Waals surface area (Å²) in [6.07, 6.45) is 0.642. The summed E-state index contributed by atoms with van der Waals surface area (Å²) in [5.74, 6) is 0.000390. The molecule has 0 radical (unpaired) electrons. The first-order valence-electron chi connectivity index (χ1n) is 18.7. The number of benzene rings is 4. The van der Waals surface area contributed by atoms with Crippen LogP contribution < -0.4 is 14.4 Å². The highest BCUT2D eigenvalue weighted by molar-refractivity contribution is 6.08. The number of aromatic nitrogens is 1. The Labute approximate surface area is 325 Å². The van der Waals surface area contributed by atoms with Crippen molar-refractivity contribution in [3.05, 3.63) is 130 Å². The number of nitrogens with zero attached hydrogens (tertiary/aromatic N) is 4. The summed E-state index contributed by atoms with van der Waals surface area (Å²) in [4.78, 5) is 35.5. The summed E-state index contributed by atoms with van der Waals surface area (Å²) in [6, 6.07) is 26.2. The molecule has 7 rings (SSSR count). The van der Waals surface area contributed by atoms with Gasteiger partial charge in [0.15, 0.2) is 0 Å². The Morgan fingerprint density at radius 1 is 0.929 bits per heavy atom. The molecule has 56 heavy (non-hydrogen) atoms. The first kappa shape index (κ1) is 38.6. The minimum Gasteiger partial charge on any atom is -0.508 e. The maximum absolute atomic E-state index is 15.0. The van der Waals surface area contributed by atoms with Gasteiger partial charge in [-0.05, 0) is 97.1 Å². The van der Waals surface area contributed by atoms with Crippen molar-refractivity contribution in [2.24, 2.45) is 7.05 Å². The molecule has 1 atom stereocenters. The zero-order chi connectivity index (χ0) is 39.5. The van der Waals surface area contributed by atoms with Crippen LogP contribution >= 0.6 is 0 Å². The van der Waals surface area contributed by atoms with Crippen molar-refractivity contribution in [2.45, 2.75) is 46.0 Å². The smallest absolute Gasteiger partial charge is 0.387 e. The van der Waals surface area contributed by atoms with Crippen LogP contribution in [0.4, 0.5) is 14.5 Å². The Balaban J connectivity index is 1.29. The number of carbonyl (C=O) groups is 2. The monoisotopic (exact) mass is 764 g/mol. The van der Waals surface area contributed by atoms with Crippen LogP contribution in [0.2, 0.25) is 0 Å². The molecule has 3 heterocycles. The molecule has 0 bridgehead atoms. The van der Waals surface area contributed by atoms with Gasteiger partial charge in [0, 0.05) is 61.9 Å². The summed E-state index contributed by atoms with van der Waals surface area (Å²) in [5.41, 5.74) is 6.79. The van der Waals surface area contributed by atoms with E-state index >= 15 is 0 Å². The van der Waals surface area contributed by atoms with E-state index in [0.29, 0.717) is 66.7 Å². The van der Waals surface area contributed by atoms with Crippen molar-refractivity contribution in [3.63, 3.8) is 0 Å². The second-order valence-corrected chi connectivity index (χ2v) is 14.3. The molecule has 1 aromatic heterocycles. The van der Waals surface area contributed by atoms with Gasteiger partial charge in [0.25, 0.3) is 11.8 Å². The molecular formula is C44H46F2N4O6. The lowest BCUT2D eigenvalue weighted by molar-refractivity contribution is -0.0499. The Hall–Kier alpha value is -5.72. The molecule has 2 amide bonds. The molecular weight excluding hydrogens is 719 g/mol. The number of hydrogen-bond donors (Lipinski definition) is 1. The highest BCUT2D eigenvalue weighted by Crippen LogP contribution is 2.36. The van der Waals surface area contributed by atoms with E-state index in [4.69, 9.17) is 14.2 Å². The molecule has 292 valence electrons. The average molecular weight is 765 g/mol. The number of aromatic hydroxyl groups is 1. The number of morpholine rings is 1. The summed E-state index contributed by atoms with van der Waals surface area (Å²) in [5, 5.41) is 10.1. The lowest BCUT2D eigenvalue weighted by atomic mass is 9.92. The number of amides is 2. The van der Waals surface area contributed by atoms with E-state index in [1.807, 2.05) is 66.8 Å². The highest BCUT2D eigenvalue weighted by Gasteiger charge is 2.34. The normalized spacial score (nSPS) is 15.8. The Kier molecular flexibility index (Phi) is 11.4. The molecule has 0 spiro atoms. The van der Waals surface area contributed by atoms with Crippen LogP contribution in [0.15, 0.2) is 91.0 Å². The summed E-state index contributed by atoms with van der Waals surface area (Å²) >= 11 is 0. The van der Waals surface area contributed by atoms with Gasteiger partial charge < -0.3 is 33.7 Å². The van der Waals surface area contributed by atoms with Crippen molar-refractivity contribution in [1.29, 1.82) is 0 Å². The van der Waals surface area contributed by atoms with Crippen LogP contribution in [0.1, 0.15) is 48.7 Å². The zero-order valence-electron chi connectivity index (χ0n) is 32.0. The van der Waals surface area contributed by atoms with Gasteiger partial charge in [0.1, 0.15) is 17.2 Å². The van der Waals surface area contributed by atoms with Gasteiger partial charge in [0.05, 0.1) is 38.0 Å². The van der Waals surface area contributed by atoms with Crippen LogP contribution in [0.25, 0.3) is 11.3 Å². The number of ether oxygens (including phenoxy) is 3. The molecule has 2 aliphatic heterocycles. The van der Waals surface area contributed by atoms with E-state index in [1.54, 1.807) is 36.3 Å². The van der Waals surface area contributed by atoms with E-state index in [2.05, 4.69) is 11.0 Å². The molecule has 5 aromatic rings. The predicted molar refractivity (Wildman–Crippen MR) is 210 cm³/mol. The van der Waals surface area contributed by atoms with Gasteiger partial charge in [0.2, 0.25) is 0 Å². The number of rotatable bonds is 11. The van der Waals surface area contributed by atoms with Crippen molar-refractivity contribution in [2.75, 3.05) is 44.9 Å². The predicted octanol–water partition coefficient (Wildman–Crippen LogP) is 7.37. The fraction of sp³-hybridized carbons (Fsp3) is 0.318. The van der Waals surface area contributed by atoms with Crippen LogP contribution in [-0.4, -0.2) is 83.9 Å². The van der Waals surface area contributed by atoms with Gasteiger partial charge in [-0.3, -0.25) is 14.5 Å². The summed E-state index contributed by atoms with van der Waals surface area (Å²) in [6.45, 7) is 4.61. The number of phenolic OH excluding ortho intramolecular Hbond substituents is 1. The molecule has 4 aromatic carbocycles. The first-order valence-corrected chi connectivity index (χ1v) is 18.7. The topological polar surface area (TPSA) is 96.7 Å². The molecule has 2 aliphatic rings. The van der Waals surface area contributed by atoms with Gasteiger partial charge >= 0.3 is 6.61 Å². The molecule has 0 saturated carbocycles. The first-order chi connectivity index (χ1) is 27.0. The zero-order valence-corrected chi connectivity index (χ0v) is 32.0. The molecule has 1 saturated heterocycles. The van der Waals surface area contributed by atoms with E-state index in [9.17, 15) is 23.5 Å². The van der Waals surface area contributed by atoms with Crippen LogP contribution in [0.5, 0.6) is 17.2 Å². The van der Waals surface area contributed by atoms with E-state index in [1.165, 1.54) is 29.8 Å². The van der Waals surface area contributed by atoms with Crippen molar-refractivity contribution in [1.82, 2.24) is 14.4 Å². The number of phenols is 1. The number of hydrogen-bond acceptors (Lipinski definition) is 7. The molecule has 10 nitrogen and oxygen atoms in total. The van der Waals surface area contributed by atoms with Crippen molar-refractivity contribution < 1.29 is 37.7 Å². The summed E-state index contributed by atoms with van der Waals surface area (Å²) in [7, 11) is 3.41. The number of carbonyl (C=O) groups excluding carboxylic acids is 2. The van der Waals surface area contributed by atoms with Gasteiger partial charge in [-0.15, -0.1) is 0 Å². The summed E-state index contributed by atoms with van der Waals surface area (Å²) < 4.78 is 45.0. The van der Waals surface area contributed by atoms with E-state index < -0.39 is 6.61 Å². The minimum atomic E-state index is -3.08. The maximum atomic E-state index is 15.0. The second-order valence-electron chi connectivity index (χ2n) is 14.3. The highest BCUT2D eigenvalue weighted by atomic mass is 19.3. The van der Waals surface area contributed by atoms with Crippen LogP contribution in [-0.2, 0) is 31.3 Å². The van der Waals surface area contributed by atoms with Gasteiger partial charge in [-0.2, -0.15) is 8.78 Å². The largest absolute Gasteiger partial charge is 0.508 e. The molecule has 12 heteroatoms. The van der Waals surface area contributed by atoms with Crippen molar-refractivity contribution >= 4 is 17.5 Å². The second kappa shape index (κ2) is 16.6. The standard InChI is InChI=1S/C44H46F2N4O6/c1-28-31(10-7-11-41(28)54-4)25-49(33-12-14-35(51)15-13-33)42(52)38-24-40(47(3)29(38)2)37-17-16-36(56-44(45)46)23-39(37)43(53)50-26-32-9-6-5-8-30(32)22-34(50)27-48-18-20-55-21-19-48/h5-17,23-24,34,44,51H,18-22,25-27H2,1-4H3/t34-/m0/s1. The Morgan fingerprint density at radius 3 is 2.38 bits per heavy atom. The van der Waals surface area contributed by atoms with Gasteiger partial charge in [-0.25, -0.2) is 0 Å². The van der Waals surface area contributed by atoms with Gasteiger partial charge in [-0.1, -0.05) is 36.4 Å². The lowest BCUT2D eigenvalue weighted by Crippen LogP contribution is -2.52. The number of anilines is 1. The maximum Gasteiger partial charge on any atom is 0.387 e. The number of fused-ring (bicyclic) bond motifs is 1. The van der Waals surface area contributed by atoms with Crippen LogP contribution in [0.3, 0.4) is 0 Å². The third kappa shape index (κ3) is 7.98. The average Bonchev–Trinajstić information content (AvgIpc) is 3.50. The van der Waals surface area contributed by atoms with Crippen molar-refractivity contribution in [3.8, 4) is 28.5 Å².